The van der Waals surface area contributed by atoms with E-state index in [-0.39, 0.29) is 24.0 Å². The molecule has 12 heteroatoms. The van der Waals surface area contributed by atoms with E-state index >= 15 is 0 Å². The van der Waals surface area contributed by atoms with Gasteiger partial charge in [-0.3, -0.25) is 4.79 Å². The van der Waals surface area contributed by atoms with Crippen molar-refractivity contribution in [2.24, 2.45) is 17.3 Å². The van der Waals surface area contributed by atoms with Crippen LogP contribution < -0.4 is 15.4 Å². The van der Waals surface area contributed by atoms with Crippen molar-refractivity contribution in [2.75, 3.05) is 7.11 Å². The Hall–Kier alpha value is -2.70. The molecule has 1 aromatic heterocycles. The summed E-state index contributed by atoms with van der Waals surface area (Å²) in [7, 11) is -0.800. The smallest absolute Gasteiger partial charge is 0.482 e. The van der Waals surface area contributed by atoms with Gasteiger partial charge in [0.1, 0.15) is 31.5 Å². The summed E-state index contributed by atoms with van der Waals surface area (Å²) in [4.78, 5) is 26.5. The van der Waals surface area contributed by atoms with Crippen LogP contribution in [0.15, 0.2) is 24.4 Å². The number of benzene rings is 1. The predicted molar refractivity (Wildman–Crippen MR) is 167 cm³/mol. The van der Waals surface area contributed by atoms with Crippen LogP contribution >= 0.6 is 0 Å². The summed E-state index contributed by atoms with van der Waals surface area (Å²) in [6.07, 6.45) is 4.21. The Kier molecular flexibility index (Phi) is 8.14. The molecule has 0 unspecified atom stereocenters. The van der Waals surface area contributed by atoms with E-state index in [0.29, 0.717) is 29.6 Å². The minimum absolute atomic E-state index is 0.0220. The predicted octanol–water partition coefficient (Wildman–Crippen LogP) is 3.78. The zero-order chi connectivity index (χ0) is 31.5. The molecule has 1 amide bonds. The molecule has 1 N–H and O–H groups in total. The van der Waals surface area contributed by atoms with E-state index in [4.69, 9.17) is 18.8 Å². The van der Waals surface area contributed by atoms with Gasteiger partial charge in [-0.25, -0.2) is 9.48 Å². The molecule has 6 rings (SSSR count). The fourth-order valence-electron chi connectivity index (χ4n) is 7.12. The van der Waals surface area contributed by atoms with Crippen LogP contribution in [-0.2, 0) is 31.8 Å². The van der Waals surface area contributed by atoms with Gasteiger partial charge in [-0.05, 0) is 75.8 Å². The maximum atomic E-state index is 13.5. The summed E-state index contributed by atoms with van der Waals surface area (Å²) in [6, 6.07) is 5.39. The third-order valence-corrected chi connectivity index (χ3v) is 11.4. The van der Waals surface area contributed by atoms with E-state index in [9.17, 15) is 9.59 Å². The molecule has 2 bridgehead atoms. The molecule has 10 nitrogen and oxygen atoms in total. The second kappa shape index (κ2) is 11.0. The largest absolute Gasteiger partial charge is 0.496 e. The van der Waals surface area contributed by atoms with Crippen molar-refractivity contribution in [3.63, 3.8) is 0 Å². The molecule has 3 aliphatic carbocycles. The van der Waals surface area contributed by atoms with Gasteiger partial charge in [0.2, 0.25) is 5.91 Å². The molecule has 43 heavy (non-hydrogen) atoms. The molecule has 5 atom stereocenters. The summed E-state index contributed by atoms with van der Waals surface area (Å²) >= 11 is 0. The molecule has 234 valence electrons. The third-order valence-electron chi connectivity index (χ3n) is 9.62. The van der Waals surface area contributed by atoms with Crippen molar-refractivity contribution in [3.05, 3.63) is 35.5 Å². The average Bonchev–Trinajstić information content (AvgIpc) is 3.50. The molecule has 2 heterocycles. The molecule has 2 aromatic rings. The number of methoxy groups -OCH3 is 1. The van der Waals surface area contributed by atoms with E-state index in [0.717, 1.165) is 23.7 Å². The van der Waals surface area contributed by atoms with Crippen molar-refractivity contribution in [2.45, 2.75) is 110 Å². The maximum Gasteiger partial charge on any atom is 0.482 e. The molecule has 4 aliphatic rings. The Morgan fingerprint density at radius 1 is 1.21 bits per heavy atom. The third kappa shape index (κ3) is 6.15. The van der Waals surface area contributed by atoms with Crippen LogP contribution in [0.3, 0.4) is 0 Å². The van der Waals surface area contributed by atoms with E-state index in [1.54, 1.807) is 16.8 Å². The molecular weight excluding hydrogens is 563 g/mol. The number of hydrogen-bond acceptors (Lipinski definition) is 8. The first-order valence-electron chi connectivity index (χ1n) is 15.3. The molecule has 0 spiro atoms. The van der Waals surface area contributed by atoms with Gasteiger partial charge in [-0.2, -0.15) is 0 Å². The lowest BCUT2D eigenvalue weighted by Crippen LogP contribution is -2.65. The summed E-state index contributed by atoms with van der Waals surface area (Å²) in [5.74, 6) is 0.158. The normalized spacial score (nSPS) is 26.7. The number of amides is 1. The van der Waals surface area contributed by atoms with Gasteiger partial charge in [0.25, 0.3) is 0 Å². The first kappa shape index (κ1) is 31.7. The lowest BCUT2D eigenvalue weighted by Gasteiger charge is -2.64. The topological polar surface area (TPSA) is 114 Å². The van der Waals surface area contributed by atoms with E-state index in [2.05, 4.69) is 56.0 Å². The number of aromatic nitrogens is 3. The SMILES string of the molecule is COc1c(C[C@H](NC(=O)Cn2cc([Si](C)(C)C)nn2)B2O[C@@H]3C[C@@H]4C[C@@H](C4(C)C)[C@]3(C)O2)cccc1C(=O)OC(C)(C)C. The Morgan fingerprint density at radius 2 is 1.93 bits per heavy atom. The highest BCUT2D eigenvalue weighted by molar-refractivity contribution is 6.88. The molecule has 1 saturated heterocycles. The van der Waals surface area contributed by atoms with Crippen LogP contribution in [-0.4, -0.2) is 72.4 Å². The van der Waals surface area contributed by atoms with Crippen molar-refractivity contribution in [1.82, 2.24) is 20.3 Å². The molecule has 3 saturated carbocycles. The Bertz CT molecular complexity index is 1380. The van der Waals surface area contributed by atoms with Gasteiger partial charge in [-0.15, -0.1) is 5.10 Å². The van der Waals surface area contributed by atoms with Crippen LogP contribution in [0.5, 0.6) is 5.75 Å². The van der Waals surface area contributed by atoms with Gasteiger partial charge in [0, 0.05) is 6.20 Å². The number of nitrogens with one attached hydrogen (secondary N) is 1. The zero-order valence-corrected chi connectivity index (χ0v) is 28.3. The van der Waals surface area contributed by atoms with Crippen LogP contribution in [0.1, 0.15) is 70.3 Å². The maximum absolute atomic E-state index is 13.5. The summed E-state index contributed by atoms with van der Waals surface area (Å²) in [5, 5.41) is 12.6. The Balaban J connectivity index is 1.41. The lowest BCUT2D eigenvalue weighted by atomic mass is 9.43. The average molecular weight is 611 g/mol. The summed E-state index contributed by atoms with van der Waals surface area (Å²) in [6.45, 7) is 18.9. The number of carbonyl (C=O) groups is 2. The standard InChI is InChI=1S/C31H47BN4O6Si/c1-29(2,3)40-28(38)21-13-11-12-19(27(21)39-7)14-24(33-25(37)17-36-18-26(34-35-36)43(8,9)10)32-41-23-16-20-15-22(30(20,4)5)31(23,6)42-32/h11-13,18,20,22-24H,14-17H2,1-10H3,(H,33,37)/t20-,22-,23+,24-,31-/m0/s1. The van der Waals surface area contributed by atoms with Gasteiger partial charge in [0.15, 0.2) is 0 Å². The fraction of sp³-hybridized carbons (Fsp3) is 0.677. The van der Waals surface area contributed by atoms with Crippen LogP contribution in [0.4, 0.5) is 0 Å². The van der Waals surface area contributed by atoms with E-state index in [1.807, 2.05) is 33.0 Å². The zero-order valence-electron chi connectivity index (χ0n) is 27.3. The van der Waals surface area contributed by atoms with Crippen molar-refractivity contribution in [1.29, 1.82) is 0 Å². The number of para-hydroxylation sites is 1. The highest BCUT2D eigenvalue weighted by Crippen LogP contribution is 2.65. The second-order valence-corrected chi connectivity index (χ2v) is 20.3. The first-order valence-corrected chi connectivity index (χ1v) is 18.8. The summed E-state index contributed by atoms with van der Waals surface area (Å²) < 4.78 is 26.4. The number of rotatable bonds is 9. The van der Waals surface area contributed by atoms with Crippen molar-refractivity contribution < 1.29 is 28.4 Å². The number of nitrogens with zero attached hydrogens (tertiary/aromatic N) is 3. The Morgan fingerprint density at radius 3 is 2.53 bits per heavy atom. The van der Waals surface area contributed by atoms with Gasteiger partial charge in [-0.1, -0.05) is 50.8 Å². The minimum Gasteiger partial charge on any atom is -0.496 e. The molecule has 1 aliphatic heterocycles. The second-order valence-electron chi connectivity index (χ2n) is 15.3. The van der Waals surface area contributed by atoms with Gasteiger partial charge < -0.3 is 24.1 Å². The number of esters is 1. The van der Waals surface area contributed by atoms with Crippen LogP contribution in [0.2, 0.25) is 19.6 Å². The fourth-order valence-corrected chi connectivity index (χ4v) is 8.00. The molecule has 4 fully saturated rings. The van der Waals surface area contributed by atoms with Crippen molar-refractivity contribution in [3.8, 4) is 5.75 Å². The van der Waals surface area contributed by atoms with E-state index in [1.165, 1.54) is 7.11 Å². The number of hydrogen-bond donors (Lipinski definition) is 1. The molecule has 0 radical (unpaired) electrons. The van der Waals surface area contributed by atoms with Crippen LogP contribution in [0.25, 0.3) is 0 Å². The monoisotopic (exact) mass is 610 g/mol. The van der Waals surface area contributed by atoms with Crippen molar-refractivity contribution >= 4 is 32.4 Å². The summed E-state index contributed by atoms with van der Waals surface area (Å²) in [5.41, 5.74) is 0.172. The number of ether oxygens (including phenoxy) is 2. The lowest BCUT2D eigenvalue weighted by molar-refractivity contribution is -0.199. The van der Waals surface area contributed by atoms with Gasteiger partial charge >= 0.3 is 13.1 Å². The van der Waals surface area contributed by atoms with E-state index < -0.39 is 38.3 Å². The quantitative estimate of drug-likeness (QED) is 0.337. The highest BCUT2D eigenvalue weighted by Gasteiger charge is 2.68. The minimum atomic E-state index is -1.67. The molecule has 1 aromatic carbocycles. The molecular formula is C31H47BN4O6Si. The Labute approximate surface area is 256 Å². The highest BCUT2D eigenvalue weighted by atomic mass is 28.3. The van der Waals surface area contributed by atoms with Gasteiger partial charge in [0.05, 0.1) is 30.1 Å². The number of carbonyl (C=O) groups excluding carboxylic acids is 2. The van der Waals surface area contributed by atoms with Crippen LogP contribution in [0, 0.1) is 17.3 Å². The first-order chi connectivity index (χ1) is 19.9.